The van der Waals surface area contributed by atoms with Crippen LogP contribution in [0.15, 0.2) is 53.4 Å². The summed E-state index contributed by atoms with van der Waals surface area (Å²) >= 11 is 1.62. The van der Waals surface area contributed by atoms with Gasteiger partial charge in [0.1, 0.15) is 18.5 Å². The van der Waals surface area contributed by atoms with E-state index in [1.165, 1.54) is 0 Å². The molecule has 0 saturated carbocycles. The van der Waals surface area contributed by atoms with Crippen LogP contribution in [0.2, 0.25) is 0 Å². The van der Waals surface area contributed by atoms with E-state index in [4.69, 9.17) is 14.6 Å². The fraction of sp³-hybridized carbons (Fsp3) is 0.409. The van der Waals surface area contributed by atoms with Crippen LogP contribution in [0.3, 0.4) is 0 Å². The topological polar surface area (TPSA) is 88.0 Å². The van der Waals surface area contributed by atoms with Gasteiger partial charge in [-0.25, -0.2) is 4.79 Å². The number of hydrogen-bond acceptors (Lipinski definition) is 6. The average Bonchev–Trinajstić information content (AvgIpc) is 2.71. The number of hydrogen-bond donors (Lipinski definition) is 3. The molecule has 1 atom stereocenters. The summed E-state index contributed by atoms with van der Waals surface area (Å²) in [5, 5.41) is 21.4. The molecule has 3 N–H and O–H groups in total. The van der Waals surface area contributed by atoms with Crippen molar-refractivity contribution in [2.45, 2.75) is 31.3 Å². The lowest BCUT2D eigenvalue weighted by atomic mass is 9.79. The van der Waals surface area contributed by atoms with E-state index in [1.54, 1.807) is 17.8 Å². The molecule has 1 amide bonds. The molecular weight excluding hydrogens is 390 g/mol. The number of amides is 1. The van der Waals surface area contributed by atoms with Gasteiger partial charge in [-0.1, -0.05) is 32.0 Å². The first-order valence-corrected chi connectivity index (χ1v) is 10.7. The first-order chi connectivity index (χ1) is 13.9. The number of benzene rings is 2. The van der Waals surface area contributed by atoms with Crippen LogP contribution in [-0.4, -0.2) is 42.4 Å². The van der Waals surface area contributed by atoms with Crippen molar-refractivity contribution >= 4 is 23.5 Å². The molecule has 0 aliphatic heterocycles. The van der Waals surface area contributed by atoms with Gasteiger partial charge in [-0.3, -0.25) is 5.32 Å². The van der Waals surface area contributed by atoms with Crippen LogP contribution in [0.25, 0.3) is 0 Å². The van der Waals surface area contributed by atoms with E-state index >= 15 is 0 Å². The van der Waals surface area contributed by atoms with E-state index < -0.39 is 17.6 Å². The van der Waals surface area contributed by atoms with Gasteiger partial charge < -0.3 is 19.7 Å². The molecule has 0 saturated heterocycles. The van der Waals surface area contributed by atoms with Gasteiger partial charge in [-0.2, -0.15) is 0 Å². The van der Waals surface area contributed by atoms with Crippen molar-refractivity contribution in [3.63, 3.8) is 0 Å². The Labute approximate surface area is 176 Å². The molecule has 0 fully saturated rings. The Hall–Kier alpha value is -2.22. The lowest BCUT2D eigenvalue weighted by molar-refractivity contribution is 0.0133. The van der Waals surface area contributed by atoms with Crippen molar-refractivity contribution in [3.8, 4) is 5.75 Å². The highest BCUT2D eigenvalue weighted by Crippen LogP contribution is 2.43. The Morgan fingerprint density at radius 3 is 2.41 bits per heavy atom. The van der Waals surface area contributed by atoms with E-state index in [1.807, 2.05) is 62.6 Å². The SMILES string of the molecule is CSc1ccc(NC(=O)O[C@H](c2ccccc2OCCO)C(C)(C)CCO)cc1. The third kappa shape index (κ3) is 6.66. The maximum absolute atomic E-state index is 12.6. The summed E-state index contributed by atoms with van der Waals surface area (Å²) in [4.78, 5) is 13.7. The molecule has 158 valence electrons. The predicted octanol–water partition coefficient (Wildman–Crippen LogP) is 4.48. The molecule has 0 unspecified atom stereocenters. The Morgan fingerprint density at radius 2 is 1.79 bits per heavy atom. The van der Waals surface area contributed by atoms with Gasteiger partial charge in [0.15, 0.2) is 0 Å². The summed E-state index contributed by atoms with van der Waals surface area (Å²) < 4.78 is 11.5. The first kappa shape index (κ1) is 23.1. The third-order valence-electron chi connectivity index (χ3n) is 4.58. The molecule has 0 bridgehead atoms. The van der Waals surface area contributed by atoms with Crippen LogP contribution in [0.5, 0.6) is 5.75 Å². The number of nitrogens with one attached hydrogen (secondary N) is 1. The first-order valence-electron chi connectivity index (χ1n) is 9.46. The largest absolute Gasteiger partial charge is 0.491 e. The van der Waals surface area contributed by atoms with E-state index in [2.05, 4.69) is 5.32 Å². The van der Waals surface area contributed by atoms with Gasteiger partial charge >= 0.3 is 6.09 Å². The summed E-state index contributed by atoms with van der Waals surface area (Å²) in [6, 6.07) is 14.7. The normalized spacial score (nSPS) is 12.3. The van der Waals surface area contributed by atoms with Crippen molar-refractivity contribution in [2.75, 3.05) is 31.4 Å². The van der Waals surface area contributed by atoms with E-state index in [0.717, 1.165) is 4.90 Å². The van der Waals surface area contributed by atoms with Gasteiger partial charge in [-0.15, -0.1) is 11.8 Å². The number of anilines is 1. The van der Waals surface area contributed by atoms with Gasteiger partial charge in [0.25, 0.3) is 0 Å². The molecule has 6 nitrogen and oxygen atoms in total. The maximum Gasteiger partial charge on any atom is 0.412 e. The maximum atomic E-state index is 12.6. The highest BCUT2D eigenvalue weighted by atomic mass is 32.2. The highest BCUT2D eigenvalue weighted by molar-refractivity contribution is 7.98. The van der Waals surface area contributed by atoms with Gasteiger partial charge in [0, 0.05) is 28.2 Å². The van der Waals surface area contributed by atoms with Crippen LogP contribution in [0, 0.1) is 5.41 Å². The number of rotatable bonds is 10. The molecule has 0 radical (unpaired) electrons. The second-order valence-electron chi connectivity index (χ2n) is 7.21. The molecule has 0 spiro atoms. The molecule has 2 aromatic carbocycles. The van der Waals surface area contributed by atoms with Crippen molar-refractivity contribution in [3.05, 3.63) is 54.1 Å². The molecule has 2 rings (SSSR count). The lowest BCUT2D eigenvalue weighted by Gasteiger charge is -2.34. The summed E-state index contributed by atoms with van der Waals surface area (Å²) in [6.07, 6.45) is 1.17. The van der Waals surface area contributed by atoms with Crippen LogP contribution >= 0.6 is 11.8 Å². The second kappa shape index (κ2) is 11.1. The van der Waals surface area contributed by atoms with Crippen LogP contribution in [-0.2, 0) is 4.74 Å². The van der Waals surface area contributed by atoms with E-state index in [9.17, 15) is 9.90 Å². The highest BCUT2D eigenvalue weighted by Gasteiger charge is 2.35. The summed E-state index contributed by atoms with van der Waals surface area (Å²) in [5.41, 5.74) is 0.775. The standard InChI is InChI=1S/C22H29NO5S/c1-22(2,12-13-24)20(18-6-4-5-7-19(18)27-15-14-25)28-21(26)23-16-8-10-17(29-3)11-9-16/h4-11,20,24-25H,12-15H2,1-3H3,(H,23,26)/t20-/m1/s1. The minimum atomic E-state index is -0.657. The summed E-state index contributed by atoms with van der Waals surface area (Å²) in [7, 11) is 0. The minimum Gasteiger partial charge on any atom is -0.491 e. The molecule has 0 aliphatic carbocycles. The molecular formula is C22H29NO5S. The second-order valence-corrected chi connectivity index (χ2v) is 8.09. The lowest BCUT2D eigenvalue weighted by Crippen LogP contribution is -2.30. The summed E-state index contributed by atoms with van der Waals surface area (Å²) in [6.45, 7) is 3.84. The van der Waals surface area contributed by atoms with Crippen molar-refractivity contribution in [2.24, 2.45) is 5.41 Å². The molecule has 0 heterocycles. The zero-order valence-corrected chi connectivity index (χ0v) is 17.9. The fourth-order valence-corrected chi connectivity index (χ4v) is 3.38. The van der Waals surface area contributed by atoms with E-state index in [0.29, 0.717) is 23.4 Å². The van der Waals surface area contributed by atoms with Crippen LogP contribution < -0.4 is 10.1 Å². The number of aliphatic hydroxyl groups is 2. The molecule has 0 aliphatic rings. The number of para-hydroxylation sites is 1. The number of carbonyl (C=O) groups is 1. The Bertz CT molecular complexity index is 779. The van der Waals surface area contributed by atoms with Crippen molar-refractivity contribution < 1.29 is 24.5 Å². The Balaban J connectivity index is 2.25. The average molecular weight is 420 g/mol. The monoisotopic (exact) mass is 419 g/mol. The van der Waals surface area contributed by atoms with Gasteiger partial charge in [0.05, 0.1) is 6.61 Å². The number of aliphatic hydroxyl groups excluding tert-OH is 2. The predicted molar refractivity (Wildman–Crippen MR) is 116 cm³/mol. The molecule has 0 aromatic heterocycles. The van der Waals surface area contributed by atoms with Crippen LogP contribution in [0.4, 0.5) is 10.5 Å². The molecule has 29 heavy (non-hydrogen) atoms. The van der Waals surface area contributed by atoms with E-state index in [-0.39, 0.29) is 19.8 Å². The Morgan fingerprint density at radius 1 is 1.10 bits per heavy atom. The smallest absolute Gasteiger partial charge is 0.412 e. The number of ether oxygens (including phenoxy) is 2. The number of thioether (sulfide) groups is 1. The zero-order chi connectivity index (χ0) is 21.3. The fourth-order valence-electron chi connectivity index (χ4n) is 2.98. The van der Waals surface area contributed by atoms with Crippen molar-refractivity contribution in [1.82, 2.24) is 0 Å². The Kier molecular flexibility index (Phi) is 8.82. The molecule has 7 heteroatoms. The quantitative estimate of drug-likeness (QED) is 0.492. The zero-order valence-electron chi connectivity index (χ0n) is 17.1. The third-order valence-corrected chi connectivity index (χ3v) is 5.32. The minimum absolute atomic E-state index is 0.0374. The van der Waals surface area contributed by atoms with Crippen LogP contribution in [0.1, 0.15) is 31.9 Å². The van der Waals surface area contributed by atoms with Gasteiger partial charge in [-0.05, 0) is 43.0 Å². The number of carbonyl (C=O) groups excluding carboxylic acids is 1. The van der Waals surface area contributed by atoms with Crippen molar-refractivity contribution in [1.29, 1.82) is 0 Å². The summed E-state index contributed by atoms with van der Waals surface area (Å²) in [5.74, 6) is 0.537. The molecule has 2 aromatic rings. The van der Waals surface area contributed by atoms with Gasteiger partial charge in [0.2, 0.25) is 0 Å².